The van der Waals surface area contributed by atoms with Crippen molar-refractivity contribution in [2.75, 3.05) is 0 Å². The van der Waals surface area contributed by atoms with Gasteiger partial charge in [0.25, 0.3) is 0 Å². The quantitative estimate of drug-likeness (QED) is 0.161. The minimum atomic E-state index is -0.898. The molecule has 9 aromatic carbocycles. The molecule has 3 aromatic heterocycles. The lowest BCUT2D eigenvalue weighted by molar-refractivity contribution is 1.08. The molecule has 0 N–H and O–H groups in total. The molecular weight excluding hydrogens is 755 g/mol. The molecule has 5 heteroatoms. The molecule has 290 valence electrons. The molecule has 12 aromatic rings. The number of para-hydroxylation sites is 4. The van der Waals surface area contributed by atoms with Gasteiger partial charge in [-0.1, -0.05) is 176 Å². The summed E-state index contributed by atoms with van der Waals surface area (Å²) in [5, 5.41) is -1.82. The molecule has 3 heterocycles. The van der Waals surface area contributed by atoms with Crippen LogP contribution in [0.15, 0.2) is 224 Å². The van der Waals surface area contributed by atoms with Crippen molar-refractivity contribution in [1.82, 2.24) is 24.1 Å². The van der Waals surface area contributed by atoms with Gasteiger partial charge in [0.2, 0.25) is 0 Å². The fourth-order valence-electron chi connectivity index (χ4n) is 7.55. The van der Waals surface area contributed by atoms with Crippen LogP contribution in [-0.4, -0.2) is 24.1 Å². The zero-order valence-electron chi connectivity index (χ0n) is 55.7. The van der Waals surface area contributed by atoms with E-state index in [4.69, 9.17) is 36.9 Å². The van der Waals surface area contributed by atoms with Gasteiger partial charge in [0.15, 0.2) is 17.5 Å². The van der Waals surface area contributed by atoms with Gasteiger partial charge >= 0.3 is 0 Å². The first-order valence-electron chi connectivity index (χ1n) is 31.0. The van der Waals surface area contributed by atoms with Gasteiger partial charge in [-0.2, -0.15) is 0 Å². The molecule has 0 aliphatic rings. The highest BCUT2D eigenvalue weighted by Crippen LogP contribution is 2.40. The van der Waals surface area contributed by atoms with Crippen molar-refractivity contribution in [1.29, 1.82) is 0 Å². The second kappa shape index (κ2) is 14.7. The molecule has 0 saturated heterocycles. The first kappa shape index (κ1) is 18.9. The van der Waals surface area contributed by atoms with Crippen molar-refractivity contribution in [3.63, 3.8) is 0 Å². The number of hydrogen-bond acceptors (Lipinski definition) is 3. The molecule has 0 spiro atoms. The van der Waals surface area contributed by atoms with Gasteiger partial charge in [-0.15, -0.1) is 0 Å². The molecule has 0 amide bonds. The SMILES string of the molecule is [2H]c1c([2H])c([2H])c(-n2c3c([2H])c([2H])c([2H])c([2H])c3c3c([2H])c([2H])c(-c4nc(-c5ccc(-c6ccc(-c7ccccc7)cc6)cc5)nc(-c5c([2H])c([2H])c([2H])c6c5c5c([2H])c([2H])c([2H])c([2H])c5n6-c5c([2H])c([2H])c([2H])c([2H])c5[2H])n4)c([2H])c32)c([2H])c1[2H]. The Labute approximate surface area is 392 Å². The molecule has 12 rings (SSSR count). The van der Waals surface area contributed by atoms with Gasteiger partial charge in [0, 0.05) is 49.6 Å². The summed E-state index contributed by atoms with van der Waals surface area (Å²) in [6, 6.07) is 3.94. The summed E-state index contributed by atoms with van der Waals surface area (Å²) in [6.45, 7) is 0. The number of hydrogen-bond donors (Lipinski definition) is 0. The van der Waals surface area contributed by atoms with E-state index in [0.717, 1.165) is 25.8 Å². The molecule has 0 fully saturated rings. The average Bonchev–Trinajstić information content (AvgIpc) is 1.54. The predicted octanol–water partition coefficient (Wildman–Crippen LogP) is 14.4. The highest BCUT2D eigenvalue weighted by Gasteiger charge is 2.21. The third kappa shape index (κ3) is 5.98. The van der Waals surface area contributed by atoms with Gasteiger partial charge in [0.05, 0.1) is 55.0 Å². The van der Waals surface area contributed by atoms with E-state index in [2.05, 4.69) is 0 Å². The minimum Gasteiger partial charge on any atom is -0.309 e. The fourth-order valence-corrected chi connectivity index (χ4v) is 7.55. The minimum absolute atomic E-state index is 0.191. The van der Waals surface area contributed by atoms with E-state index in [-0.39, 0.29) is 11.4 Å². The van der Waals surface area contributed by atoms with E-state index < -0.39 is 223 Å². The largest absolute Gasteiger partial charge is 0.309 e. The van der Waals surface area contributed by atoms with Crippen LogP contribution < -0.4 is 0 Å². The Hall–Kier alpha value is -8.41. The number of rotatable bonds is 7. The van der Waals surface area contributed by atoms with Crippen LogP contribution in [0.5, 0.6) is 0 Å². The summed E-state index contributed by atoms with van der Waals surface area (Å²) in [5.74, 6) is -1.58. The van der Waals surface area contributed by atoms with E-state index in [1.165, 1.54) is 0 Å². The fraction of sp³-hybridized carbons (Fsp3) is 0. The Morgan fingerprint density at radius 3 is 1.44 bits per heavy atom. The molecule has 0 atom stereocenters. The summed E-state index contributed by atoms with van der Waals surface area (Å²) < 4.78 is 219. The summed E-state index contributed by atoms with van der Waals surface area (Å²) >= 11 is 0. The number of aromatic nitrogens is 5. The van der Waals surface area contributed by atoms with E-state index >= 15 is 0 Å². The van der Waals surface area contributed by atoms with E-state index in [1.807, 2.05) is 54.6 Å². The maximum absolute atomic E-state index is 10.1. The van der Waals surface area contributed by atoms with Gasteiger partial charge < -0.3 is 9.13 Å². The van der Waals surface area contributed by atoms with E-state index in [9.17, 15) is 11.0 Å². The highest BCUT2D eigenvalue weighted by molar-refractivity contribution is 6.15. The van der Waals surface area contributed by atoms with Gasteiger partial charge in [-0.25, -0.2) is 15.0 Å². The molecule has 0 aliphatic heterocycles. The van der Waals surface area contributed by atoms with Gasteiger partial charge in [-0.05, 0) is 70.6 Å². The Bertz CT molecular complexity index is 4970. The summed E-state index contributed by atoms with van der Waals surface area (Å²) in [5.41, 5.74) is -1.11. The van der Waals surface area contributed by atoms with Crippen molar-refractivity contribution < 1.29 is 32.9 Å². The van der Waals surface area contributed by atoms with Crippen LogP contribution in [0.3, 0.4) is 0 Å². The van der Waals surface area contributed by atoms with Crippen LogP contribution in [0.25, 0.3) is 111 Å². The molecule has 0 aliphatic carbocycles. The number of fused-ring (bicyclic) bond motifs is 6. The Kier molecular flexibility index (Phi) is 4.48. The van der Waals surface area contributed by atoms with Crippen molar-refractivity contribution in [3.05, 3.63) is 224 Å². The van der Waals surface area contributed by atoms with Crippen LogP contribution in [-0.2, 0) is 0 Å². The maximum atomic E-state index is 10.1. The Morgan fingerprint density at radius 2 is 0.790 bits per heavy atom. The first-order chi connectivity index (χ1) is 40.7. The molecule has 0 bridgehead atoms. The van der Waals surface area contributed by atoms with Crippen molar-refractivity contribution in [2.45, 2.75) is 0 Å². The predicted molar refractivity (Wildman–Crippen MR) is 256 cm³/mol. The lowest BCUT2D eigenvalue weighted by Gasteiger charge is -2.12. The average molecular weight is 816 g/mol. The molecule has 0 radical (unpaired) electrons. The Balaban J connectivity index is 1.23. The zero-order chi connectivity index (χ0) is 61.9. The first-order valence-corrected chi connectivity index (χ1v) is 19.0. The lowest BCUT2D eigenvalue weighted by Crippen LogP contribution is -2.01. The molecule has 5 nitrogen and oxygen atoms in total. The highest BCUT2D eigenvalue weighted by atomic mass is 15.0. The van der Waals surface area contributed by atoms with Gasteiger partial charge in [0.1, 0.15) is 0 Å². The van der Waals surface area contributed by atoms with E-state index in [1.54, 1.807) is 24.3 Å². The molecule has 62 heavy (non-hydrogen) atoms. The summed E-state index contributed by atoms with van der Waals surface area (Å²) in [7, 11) is 0. The standard InChI is InChI=1S/C57H37N5/c1-4-15-38(16-5-1)39-27-29-40(30-28-39)41-31-33-42(34-32-41)55-58-56(43-35-36-47-46-21-10-12-24-50(46)62(53(47)37-43)45-19-8-3-9-20-45)60-57(59-55)49-23-14-26-52-54(49)48-22-11-13-25-51(48)61(52)44-17-6-2-7-18-44/h1-37H/i2D,3D,6D,7D,8D,9D,10D,11D,12D,13D,14D,17D,18D,19D,20D,21D,22D,23D,24D,25D,26D,35D,36D,37D. The van der Waals surface area contributed by atoms with Crippen LogP contribution in [0.4, 0.5) is 0 Å². The van der Waals surface area contributed by atoms with E-state index in [0.29, 0.717) is 5.56 Å². The monoisotopic (exact) mass is 815 g/mol. The number of benzene rings is 9. The molecular formula is C57H37N5. The lowest BCUT2D eigenvalue weighted by atomic mass is 9.99. The van der Waals surface area contributed by atoms with Crippen molar-refractivity contribution >= 4 is 43.6 Å². The summed E-state index contributed by atoms with van der Waals surface area (Å²) in [4.78, 5) is 14.3. The third-order valence-electron chi connectivity index (χ3n) is 10.3. The van der Waals surface area contributed by atoms with Crippen LogP contribution in [0.1, 0.15) is 32.9 Å². The Morgan fingerprint density at radius 1 is 0.323 bits per heavy atom. The van der Waals surface area contributed by atoms with Crippen LogP contribution in [0.2, 0.25) is 0 Å². The number of nitrogens with zero attached hydrogens (tertiary/aromatic N) is 5. The second-order valence-electron chi connectivity index (χ2n) is 13.8. The normalized spacial score (nSPS) is 17.0. The van der Waals surface area contributed by atoms with Crippen molar-refractivity contribution in [2.24, 2.45) is 0 Å². The molecule has 0 saturated carbocycles. The summed E-state index contributed by atoms with van der Waals surface area (Å²) in [6.07, 6.45) is 0. The second-order valence-corrected chi connectivity index (χ2v) is 13.8. The van der Waals surface area contributed by atoms with Gasteiger partial charge in [-0.3, -0.25) is 0 Å². The smallest absolute Gasteiger partial charge is 0.164 e. The maximum Gasteiger partial charge on any atom is 0.164 e. The van der Waals surface area contributed by atoms with Crippen LogP contribution >= 0.6 is 0 Å². The third-order valence-corrected chi connectivity index (χ3v) is 10.3. The zero-order valence-corrected chi connectivity index (χ0v) is 31.7. The van der Waals surface area contributed by atoms with Crippen LogP contribution in [0, 0.1) is 0 Å². The molecule has 0 unspecified atom stereocenters. The topological polar surface area (TPSA) is 48.5 Å². The van der Waals surface area contributed by atoms with Crippen molar-refractivity contribution in [3.8, 4) is 67.8 Å².